The summed E-state index contributed by atoms with van der Waals surface area (Å²) in [5.41, 5.74) is 1.77. The number of nitrogens with zero attached hydrogens (tertiary/aromatic N) is 1. The molecule has 3 rings (SSSR count). The smallest absolute Gasteiger partial charge is 0.226 e. The maximum Gasteiger partial charge on any atom is 0.226 e. The van der Waals surface area contributed by atoms with Crippen molar-refractivity contribution in [1.29, 1.82) is 0 Å². The van der Waals surface area contributed by atoms with Crippen molar-refractivity contribution in [3.63, 3.8) is 0 Å². The fourth-order valence-corrected chi connectivity index (χ4v) is 3.66. The third-order valence-electron chi connectivity index (χ3n) is 3.77. The highest BCUT2D eigenvalue weighted by atomic mass is 35.5. The largest absolute Gasteiger partial charge is 0.494 e. The summed E-state index contributed by atoms with van der Waals surface area (Å²) in [6, 6.07) is 14.7. The Morgan fingerprint density at radius 3 is 2.67 bits per heavy atom. The number of benzene rings is 2. The number of hydrogen-bond donors (Lipinski definition) is 1. The van der Waals surface area contributed by atoms with Crippen molar-refractivity contribution in [2.45, 2.75) is 19.8 Å². The average molecular weight is 421 g/mol. The van der Waals surface area contributed by atoms with Gasteiger partial charge in [-0.05, 0) is 49.7 Å². The number of ether oxygens (including phenoxy) is 1. The zero-order valence-electron chi connectivity index (χ0n) is 14.7. The molecule has 1 N–H and O–H groups in total. The van der Waals surface area contributed by atoms with Crippen molar-refractivity contribution in [3.8, 4) is 17.0 Å². The predicted molar refractivity (Wildman–Crippen MR) is 112 cm³/mol. The fraction of sp³-hybridized carbons (Fsp3) is 0.200. The molecule has 0 atom stereocenters. The summed E-state index contributed by atoms with van der Waals surface area (Å²) in [6.07, 6.45) is 0.971. The lowest BCUT2D eigenvalue weighted by Crippen LogP contribution is -2.12. The van der Waals surface area contributed by atoms with Crippen LogP contribution in [0.2, 0.25) is 10.0 Å². The number of aromatic nitrogens is 1. The molecule has 0 radical (unpaired) electrons. The number of aryl methyl sites for hydroxylation is 1. The van der Waals surface area contributed by atoms with E-state index in [0.29, 0.717) is 34.6 Å². The molecule has 3 aromatic rings. The number of nitrogens with one attached hydrogen (secondary N) is 1. The van der Waals surface area contributed by atoms with Crippen LogP contribution in [-0.4, -0.2) is 17.5 Å². The quantitative estimate of drug-likeness (QED) is 0.461. The van der Waals surface area contributed by atoms with Gasteiger partial charge in [0.2, 0.25) is 5.91 Å². The van der Waals surface area contributed by atoms with Crippen LogP contribution in [0.15, 0.2) is 48.5 Å². The van der Waals surface area contributed by atoms with Gasteiger partial charge in [0.05, 0.1) is 12.3 Å². The second-order valence-electron chi connectivity index (χ2n) is 5.89. The molecule has 4 nitrogen and oxygen atoms in total. The summed E-state index contributed by atoms with van der Waals surface area (Å²) in [6.45, 7) is 2.43. The van der Waals surface area contributed by atoms with E-state index in [-0.39, 0.29) is 5.91 Å². The van der Waals surface area contributed by atoms with Crippen molar-refractivity contribution in [3.05, 3.63) is 63.5 Å². The Bertz CT molecular complexity index is 926. The highest BCUT2D eigenvalue weighted by Crippen LogP contribution is 2.31. The maximum atomic E-state index is 12.1. The predicted octanol–water partition coefficient (Wildman–Crippen LogP) is 6.22. The molecule has 0 aliphatic carbocycles. The first kappa shape index (κ1) is 19.7. The summed E-state index contributed by atoms with van der Waals surface area (Å²) in [5, 5.41) is 4.77. The lowest BCUT2D eigenvalue weighted by molar-refractivity contribution is -0.116. The Hall–Kier alpha value is -2.08. The highest BCUT2D eigenvalue weighted by molar-refractivity contribution is 7.16. The molecule has 0 unspecified atom stereocenters. The van der Waals surface area contributed by atoms with Gasteiger partial charge in [-0.2, -0.15) is 0 Å². The Morgan fingerprint density at radius 2 is 1.93 bits per heavy atom. The van der Waals surface area contributed by atoms with E-state index in [1.807, 2.05) is 31.2 Å². The molecular weight excluding hydrogens is 403 g/mol. The molecule has 7 heteroatoms. The first-order valence-electron chi connectivity index (χ1n) is 8.43. The number of thiazole rings is 1. The minimum Gasteiger partial charge on any atom is -0.494 e. The first-order chi connectivity index (χ1) is 13.0. The Kier molecular flexibility index (Phi) is 6.72. The van der Waals surface area contributed by atoms with Gasteiger partial charge < -0.3 is 10.1 Å². The molecule has 1 amide bonds. The van der Waals surface area contributed by atoms with Gasteiger partial charge in [0.1, 0.15) is 5.75 Å². The lowest BCUT2D eigenvalue weighted by atomic mass is 10.1. The van der Waals surface area contributed by atoms with E-state index in [1.165, 1.54) is 11.3 Å². The van der Waals surface area contributed by atoms with Crippen molar-refractivity contribution in [1.82, 2.24) is 4.98 Å². The van der Waals surface area contributed by atoms with E-state index in [9.17, 15) is 4.79 Å². The molecule has 1 aromatic heterocycles. The van der Waals surface area contributed by atoms with Crippen LogP contribution in [0.3, 0.4) is 0 Å². The van der Waals surface area contributed by atoms with Gasteiger partial charge in [0, 0.05) is 26.9 Å². The Balaban J connectivity index is 1.49. The number of amides is 1. The molecule has 0 aliphatic rings. The fourth-order valence-electron chi connectivity index (χ4n) is 2.49. The SMILES string of the molecule is Cc1sc(NC(=O)CCCOc2ccc(Cl)cc2)nc1-c1cccc(Cl)c1. The third-order valence-corrected chi connectivity index (χ3v) is 5.14. The van der Waals surface area contributed by atoms with Crippen LogP contribution in [0.4, 0.5) is 5.13 Å². The molecule has 1 heterocycles. The molecule has 0 spiro atoms. The van der Waals surface area contributed by atoms with E-state index < -0.39 is 0 Å². The minimum absolute atomic E-state index is 0.0823. The summed E-state index contributed by atoms with van der Waals surface area (Å²) in [4.78, 5) is 17.7. The summed E-state index contributed by atoms with van der Waals surface area (Å²) in [5.74, 6) is 0.655. The summed E-state index contributed by atoms with van der Waals surface area (Å²) >= 11 is 13.3. The number of hydrogen-bond acceptors (Lipinski definition) is 4. The third kappa shape index (κ3) is 5.70. The Morgan fingerprint density at radius 1 is 1.15 bits per heavy atom. The lowest BCUT2D eigenvalue weighted by Gasteiger charge is -2.06. The van der Waals surface area contributed by atoms with E-state index in [2.05, 4.69) is 10.3 Å². The molecule has 0 bridgehead atoms. The molecule has 0 saturated carbocycles. The van der Waals surface area contributed by atoms with Crippen LogP contribution in [0, 0.1) is 6.92 Å². The van der Waals surface area contributed by atoms with Gasteiger partial charge in [0.15, 0.2) is 5.13 Å². The van der Waals surface area contributed by atoms with E-state index in [1.54, 1.807) is 24.3 Å². The van der Waals surface area contributed by atoms with Gasteiger partial charge in [-0.1, -0.05) is 35.3 Å². The van der Waals surface area contributed by atoms with Gasteiger partial charge >= 0.3 is 0 Å². The zero-order chi connectivity index (χ0) is 19.2. The van der Waals surface area contributed by atoms with Crippen molar-refractivity contribution < 1.29 is 9.53 Å². The van der Waals surface area contributed by atoms with Crippen molar-refractivity contribution in [2.24, 2.45) is 0 Å². The molecule has 2 aromatic carbocycles. The standard InChI is InChI=1S/C20H18Cl2N2O2S/c1-13-19(14-4-2-5-16(22)12-14)24-20(27-13)23-18(25)6-3-11-26-17-9-7-15(21)8-10-17/h2,4-5,7-10,12H,3,6,11H2,1H3,(H,23,24,25). The normalized spacial score (nSPS) is 10.6. The van der Waals surface area contributed by atoms with E-state index >= 15 is 0 Å². The monoisotopic (exact) mass is 420 g/mol. The van der Waals surface area contributed by atoms with Gasteiger partial charge in [0.25, 0.3) is 0 Å². The van der Waals surface area contributed by atoms with E-state index in [4.69, 9.17) is 27.9 Å². The first-order valence-corrected chi connectivity index (χ1v) is 10.00. The van der Waals surface area contributed by atoms with Crippen molar-refractivity contribution in [2.75, 3.05) is 11.9 Å². The van der Waals surface area contributed by atoms with Crippen LogP contribution >= 0.6 is 34.5 Å². The maximum absolute atomic E-state index is 12.1. The van der Waals surface area contributed by atoms with E-state index in [0.717, 1.165) is 21.9 Å². The van der Waals surface area contributed by atoms with Crippen LogP contribution in [0.5, 0.6) is 5.75 Å². The zero-order valence-corrected chi connectivity index (χ0v) is 17.0. The van der Waals surface area contributed by atoms with Crippen LogP contribution in [-0.2, 0) is 4.79 Å². The second-order valence-corrected chi connectivity index (χ2v) is 7.96. The van der Waals surface area contributed by atoms with Crippen molar-refractivity contribution >= 4 is 45.6 Å². The molecular formula is C20H18Cl2N2O2S. The van der Waals surface area contributed by atoms with Gasteiger partial charge in [-0.3, -0.25) is 4.79 Å². The molecule has 0 saturated heterocycles. The Labute approximate surface area is 172 Å². The number of rotatable bonds is 7. The highest BCUT2D eigenvalue weighted by Gasteiger charge is 2.12. The average Bonchev–Trinajstić information content (AvgIpc) is 3.00. The molecule has 27 heavy (non-hydrogen) atoms. The number of carbonyl (C=O) groups is 1. The second kappa shape index (κ2) is 9.22. The van der Waals surface area contributed by atoms with Crippen LogP contribution in [0.1, 0.15) is 17.7 Å². The van der Waals surface area contributed by atoms with Gasteiger partial charge in [-0.15, -0.1) is 11.3 Å². The number of halogens is 2. The number of carbonyl (C=O) groups excluding carboxylic acids is 1. The molecule has 0 aliphatic heterocycles. The minimum atomic E-state index is -0.0823. The topological polar surface area (TPSA) is 51.2 Å². The van der Waals surface area contributed by atoms with Crippen LogP contribution in [0.25, 0.3) is 11.3 Å². The van der Waals surface area contributed by atoms with Gasteiger partial charge in [-0.25, -0.2) is 4.98 Å². The summed E-state index contributed by atoms with van der Waals surface area (Å²) in [7, 11) is 0. The molecule has 140 valence electrons. The van der Waals surface area contributed by atoms with Crippen LogP contribution < -0.4 is 10.1 Å². The summed E-state index contributed by atoms with van der Waals surface area (Å²) < 4.78 is 5.59. The molecule has 0 fully saturated rings. The number of anilines is 1.